The fourth-order valence-electron chi connectivity index (χ4n) is 2.47. The molecular weight excluding hydrogens is 246 g/mol. The van der Waals surface area contributed by atoms with Gasteiger partial charge in [-0.15, -0.1) is 0 Å². The summed E-state index contributed by atoms with van der Waals surface area (Å²) in [5, 5.41) is 0. The van der Waals surface area contributed by atoms with E-state index in [0.717, 1.165) is 12.1 Å². The molecule has 0 unspecified atom stereocenters. The first-order chi connectivity index (χ1) is 9.84. The highest BCUT2D eigenvalue weighted by Crippen LogP contribution is 2.35. The lowest BCUT2D eigenvalue weighted by molar-refractivity contribution is 0.284. The van der Waals surface area contributed by atoms with Crippen LogP contribution in [0.1, 0.15) is 11.1 Å². The molecule has 4 rings (SSSR count). The maximum atomic E-state index is 5.33. The second kappa shape index (κ2) is 5.66. The number of fused-ring (bicyclic) bond motifs is 3. The SMILES string of the molecule is NC1=CCOC=C1.c1ccc2c(c1)Cc1ccccc1-2. The van der Waals surface area contributed by atoms with Gasteiger partial charge in [0.15, 0.2) is 0 Å². The molecule has 0 aromatic heterocycles. The van der Waals surface area contributed by atoms with Gasteiger partial charge in [0.25, 0.3) is 0 Å². The highest BCUT2D eigenvalue weighted by Gasteiger charge is 2.15. The predicted octanol–water partition coefficient (Wildman–Crippen LogP) is 3.63. The molecule has 2 N–H and O–H groups in total. The molecule has 2 aromatic rings. The van der Waals surface area contributed by atoms with Gasteiger partial charge in [0, 0.05) is 5.70 Å². The maximum Gasteiger partial charge on any atom is 0.108 e. The number of hydrogen-bond donors (Lipinski definition) is 1. The molecule has 0 spiro atoms. The van der Waals surface area contributed by atoms with Crippen LogP contribution >= 0.6 is 0 Å². The van der Waals surface area contributed by atoms with Crippen molar-refractivity contribution in [2.24, 2.45) is 5.73 Å². The molecule has 2 heteroatoms. The average molecular weight is 263 g/mol. The van der Waals surface area contributed by atoms with E-state index in [2.05, 4.69) is 48.5 Å². The second-order valence-electron chi connectivity index (χ2n) is 4.83. The Morgan fingerprint density at radius 1 is 0.850 bits per heavy atom. The summed E-state index contributed by atoms with van der Waals surface area (Å²) in [5.74, 6) is 0. The Bertz CT molecular complexity index is 627. The number of benzene rings is 2. The Balaban J connectivity index is 0.000000147. The lowest BCUT2D eigenvalue weighted by Crippen LogP contribution is -1.99. The van der Waals surface area contributed by atoms with Crippen molar-refractivity contribution in [3.05, 3.63) is 83.8 Å². The van der Waals surface area contributed by atoms with Crippen molar-refractivity contribution in [3.8, 4) is 11.1 Å². The molecule has 0 amide bonds. The Morgan fingerprint density at radius 2 is 1.45 bits per heavy atom. The van der Waals surface area contributed by atoms with E-state index in [1.807, 2.05) is 6.08 Å². The van der Waals surface area contributed by atoms with E-state index in [-0.39, 0.29) is 0 Å². The van der Waals surface area contributed by atoms with Crippen molar-refractivity contribution in [2.75, 3.05) is 6.61 Å². The molecule has 0 saturated heterocycles. The van der Waals surface area contributed by atoms with Gasteiger partial charge in [-0.2, -0.15) is 0 Å². The van der Waals surface area contributed by atoms with E-state index < -0.39 is 0 Å². The fourth-order valence-corrected chi connectivity index (χ4v) is 2.47. The third-order valence-corrected chi connectivity index (χ3v) is 3.48. The normalized spacial score (nSPS) is 14.3. The van der Waals surface area contributed by atoms with Gasteiger partial charge in [0.05, 0.1) is 6.26 Å². The van der Waals surface area contributed by atoms with Crippen molar-refractivity contribution in [2.45, 2.75) is 6.42 Å². The predicted molar refractivity (Wildman–Crippen MR) is 82.0 cm³/mol. The first-order valence-corrected chi connectivity index (χ1v) is 6.74. The van der Waals surface area contributed by atoms with Gasteiger partial charge in [-0.05, 0) is 40.8 Å². The van der Waals surface area contributed by atoms with Gasteiger partial charge in [-0.25, -0.2) is 0 Å². The van der Waals surface area contributed by atoms with E-state index in [1.54, 1.807) is 12.3 Å². The van der Waals surface area contributed by atoms with Gasteiger partial charge in [0.2, 0.25) is 0 Å². The highest BCUT2D eigenvalue weighted by molar-refractivity contribution is 5.76. The lowest BCUT2D eigenvalue weighted by Gasteiger charge is -2.00. The Kier molecular flexibility index (Phi) is 3.55. The van der Waals surface area contributed by atoms with Crippen molar-refractivity contribution in [1.29, 1.82) is 0 Å². The molecule has 2 aliphatic rings. The average Bonchev–Trinajstić information content (AvgIpc) is 2.87. The van der Waals surface area contributed by atoms with Crippen LogP contribution in [-0.2, 0) is 11.2 Å². The van der Waals surface area contributed by atoms with Crippen LogP contribution in [0.2, 0.25) is 0 Å². The molecule has 1 heterocycles. The minimum absolute atomic E-state index is 0.613. The largest absolute Gasteiger partial charge is 0.497 e. The number of hydrogen-bond acceptors (Lipinski definition) is 2. The molecular formula is C18H17NO. The highest BCUT2D eigenvalue weighted by atomic mass is 16.5. The molecule has 0 fully saturated rings. The van der Waals surface area contributed by atoms with Gasteiger partial charge < -0.3 is 10.5 Å². The number of nitrogens with two attached hydrogens (primary N) is 1. The van der Waals surface area contributed by atoms with Gasteiger partial charge in [-0.3, -0.25) is 0 Å². The summed E-state index contributed by atoms with van der Waals surface area (Å²) in [5.41, 5.74) is 11.9. The molecule has 2 aromatic carbocycles. The van der Waals surface area contributed by atoms with E-state index in [1.165, 1.54) is 22.3 Å². The molecule has 0 bridgehead atoms. The molecule has 20 heavy (non-hydrogen) atoms. The minimum Gasteiger partial charge on any atom is -0.497 e. The topological polar surface area (TPSA) is 35.2 Å². The Hall–Kier alpha value is -2.48. The number of allylic oxidation sites excluding steroid dienone is 1. The summed E-state index contributed by atoms with van der Waals surface area (Å²) in [6, 6.07) is 17.3. The smallest absolute Gasteiger partial charge is 0.108 e. The van der Waals surface area contributed by atoms with Crippen LogP contribution in [0.3, 0.4) is 0 Å². The number of rotatable bonds is 0. The Morgan fingerprint density at radius 3 is 1.90 bits per heavy atom. The van der Waals surface area contributed by atoms with Crippen molar-refractivity contribution in [3.63, 3.8) is 0 Å². The zero-order valence-electron chi connectivity index (χ0n) is 11.3. The summed E-state index contributed by atoms with van der Waals surface area (Å²) in [6.07, 6.45) is 6.24. The molecule has 0 radical (unpaired) electrons. The molecule has 0 saturated carbocycles. The first-order valence-electron chi connectivity index (χ1n) is 6.74. The van der Waals surface area contributed by atoms with Crippen LogP contribution in [-0.4, -0.2) is 6.61 Å². The zero-order chi connectivity index (χ0) is 13.8. The molecule has 0 atom stereocenters. The van der Waals surface area contributed by atoms with Crippen LogP contribution in [0.25, 0.3) is 11.1 Å². The standard InChI is InChI=1S/C13H10.C5H7NO/c1-3-7-12-10(5-1)9-11-6-2-4-8-13(11)12;6-5-1-3-7-4-2-5/h1-8H,9H2;1-3H,4,6H2. The van der Waals surface area contributed by atoms with E-state index in [4.69, 9.17) is 10.5 Å². The minimum atomic E-state index is 0.613. The third kappa shape index (κ3) is 2.59. The summed E-state index contributed by atoms with van der Waals surface area (Å²) in [6.45, 7) is 0.613. The molecule has 1 aliphatic carbocycles. The molecule has 1 aliphatic heterocycles. The number of ether oxygens (including phenoxy) is 1. The van der Waals surface area contributed by atoms with Crippen LogP contribution < -0.4 is 5.73 Å². The van der Waals surface area contributed by atoms with E-state index >= 15 is 0 Å². The monoisotopic (exact) mass is 263 g/mol. The van der Waals surface area contributed by atoms with Crippen molar-refractivity contribution >= 4 is 0 Å². The third-order valence-electron chi connectivity index (χ3n) is 3.48. The molecule has 100 valence electrons. The van der Waals surface area contributed by atoms with Gasteiger partial charge in [-0.1, -0.05) is 48.5 Å². The fraction of sp³-hybridized carbons (Fsp3) is 0.111. The quantitative estimate of drug-likeness (QED) is 0.672. The maximum absolute atomic E-state index is 5.33. The van der Waals surface area contributed by atoms with Crippen LogP contribution in [0, 0.1) is 0 Å². The van der Waals surface area contributed by atoms with Gasteiger partial charge >= 0.3 is 0 Å². The zero-order valence-corrected chi connectivity index (χ0v) is 11.3. The summed E-state index contributed by atoms with van der Waals surface area (Å²) in [4.78, 5) is 0. The lowest BCUT2D eigenvalue weighted by atomic mass is 10.1. The summed E-state index contributed by atoms with van der Waals surface area (Å²) >= 11 is 0. The van der Waals surface area contributed by atoms with Crippen LogP contribution in [0.5, 0.6) is 0 Å². The van der Waals surface area contributed by atoms with Crippen molar-refractivity contribution < 1.29 is 4.74 Å². The first kappa shape index (κ1) is 12.5. The summed E-state index contributed by atoms with van der Waals surface area (Å²) in [7, 11) is 0. The van der Waals surface area contributed by atoms with E-state index in [9.17, 15) is 0 Å². The van der Waals surface area contributed by atoms with Crippen molar-refractivity contribution in [1.82, 2.24) is 0 Å². The summed E-state index contributed by atoms with van der Waals surface area (Å²) < 4.78 is 4.80. The van der Waals surface area contributed by atoms with Gasteiger partial charge in [0.1, 0.15) is 6.61 Å². The van der Waals surface area contributed by atoms with Crippen LogP contribution in [0.15, 0.2) is 72.6 Å². The van der Waals surface area contributed by atoms with E-state index in [0.29, 0.717) is 6.61 Å². The second-order valence-corrected chi connectivity index (χ2v) is 4.83. The van der Waals surface area contributed by atoms with Crippen LogP contribution in [0.4, 0.5) is 0 Å². The molecule has 2 nitrogen and oxygen atoms in total. The Labute approximate surface area is 119 Å².